The normalized spacial score (nSPS) is 15.8. The van der Waals surface area contributed by atoms with Gasteiger partial charge in [-0.2, -0.15) is 4.31 Å². The maximum Gasteiger partial charge on any atom is 0.243 e. The van der Waals surface area contributed by atoms with Crippen molar-refractivity contribution in [1.29, 1.82) is 0 Å². The molecule has 2 aromatic carbocycles. The molecular formula is C18H18FNO3S. The van der Waals surface area contributed by atoms with Gasteiger partial charge in [-0.05, 0) is 54.0 Å². The van der Waals surface area contributed by atoms with E-state index < -0.39 is 10.0 Å². The van der Waals surface area contributed by atoms with E-state index in [1.807, 2.05) is 6.08 Å². The summed E-state index contributed by atoms with van der Waals surface area (Å²) in [4.78, 5) is 0.252. The smallest absolute Gasteiger partial charge is 0.243 e. The van der Waals surface area contributed by atoms with Crippen LogP contribution in [-0.4, -0.2) is 32.9 Å². The predicted octanol–water partition coefficient (Wildman–Crippen LogP) is 3.31. The summed E-state index contributed by atoms with van der Waals surface area (Å²) in [5, 5.41) is 0. The van der Waals surface area contributed by atoms with Crippen molar-refractivity contribution in [3.63, 3.8) is 0 Å². The van der Waals surface area contributed by atoms with Crippen molar-refractivity contribution in [3.05, 3.63) is 66.0 Å². The van der Waals surface area contributed by atoms with Crippen molar-refractivity contribution in [2.24, 2.45) is 0 Å². The SMILES string of the molecule is COc1ccc(S(=O)(=O)N2CC=C(c3ccc(F)cc3)CC2)cc1. The first-order valence-electron chi connectivity index (χ1n) is 7.60. The van der Waals surface area contributed by atoms with Crippen molar-refractivity contribution >= 4 is 15.6 Å². The van der Waals surface area contributed by atoms with Crippen LogP contribution in [0, 0.1) is 5.82 Å². The summed E-state index contributed by atoms with van der Waals surface area (Å²) >= 11 is 0. The number of benzene rings is 2. The van der Waals surface area contributed by atoms with Gasteiger partial charge in [0.05, 0.1) is 12.0 Å². The minimum Gasteiger partial charge on any atom is -0.497 e. The molecule has 1 aliphatic heterocycles. The van der Waals surface area contributed by atoms with E-state index >= 15 is 0 Å². The van der Waals surface area contributed by atoms with E-state index in [1.165, 1.54) is 23.5 Å². The predicted molar refractivity (Wildman–Crippen MR) is 90.7 cm³/mol. The Bertz CT molecular complexity index is 843. The van der Waals surface area contributed by atoms with E-state index in [1.54, 1.807) is 36.4 Å². The standard InChI is InChI=1S/C18H18FNO3S/c1-23-17-6-8-18(9-7-17)24(21,22)20-12-10-15(11-13-20)14-2-4-16(19)5-3-14/h2-10H,11-13H2,1H3. The Morgan fingerprint density at radius 3 is 2.25 bits per heavy atom. The molecule has 0 saturated carbocycles. The van der Waals surface area contributed by atoms with E-state index in [0.717, 1.165) is 11.1 Å². The highest BCUT2D eigenvalue weighted by atomic mass is 32.2. The zero-order valence-electron chi connectivity index (χ0n) is 13.3. The van der Waals surface area contributed by atoms with Gasteiger partial charge in [0.15, 0.2) is 0 Å². The molecule has 6 heteroatoms. The number of nitrogens with zero attached hydrogens (tertiary/aromatic N) is 1. The Morgan fingerprint density at radius 2 is 1.71 bits per heavy atom. The minimum absolute atomic E-state index is 0.252. The summed E-state index contributed by atoms with van der Waals surface area (Å²) in [5.74, 6) is 0.338. The summed E-state index contributed by atoms with van der Waals surface area (Å²) in [6, 6.07) is 12.6. The molecule has 0 aliphatic carbocycles. The van der Waals surface area contributed by atoms with Crippen LogP contribution in [0.5, 0.6) is 5.75 Å². The molecule has 0 radical (unpaired) electrons. The quantitative estimate of drug-likeness (QED) is 0.852. The number of rotatable bonds is 4. The number of sulfonamides is 1. The van der Waals surface area contributed by atoms with Gasteiger partial charge in [0.1, 0.15) is 11.6 Å². The first kappa shape index (κ1) is 16.7. The third-order valence-electron chi connectivity index (χ3n) is 4.08. The second-order valence-electron chi connectivity index (χ2n) is 5.52. The molecule has 0 atom stereocenters. The number of hydrogen-bond donors (Lipinski definition) is 0. The van der Waals surface area contributed by atoms with Crippen LogP contribution in [0.3, 0.4) is 0 Å². The average Bonchev–Trinajstić information content (AvgIpc) is 2.62. The highest BCUT2D eigenvalue weighted by Gasteiger charge is 2.26. The summed E-state index contributed by atoms with van der Waals surface area (Å²) in [5.41, 5.74) is 1.97. The fourth-order valence-corrected chi connectivity index (χ4v) is 4.07. The Balaban J connectivity index is 1.78. The largest absolute Gasteiger partial charge is 0.497 e. The fourth-order valence-electron chi connectivity index (χ4n) is 2.69. The molecule has 2 aromatic rings. The Kier molecular flexibility index (Phi) is 4.69. The summed E-state index contributed by atoms with van der Waals surface area (Å²) < 4.78 is 44.9. The van der Waals surface area contributed by atoms with Crippen LogP contribution in [-0.2, 0) is 10.0 Å². The van der Waals surface area contributed by atoms with E-state index in [9.17, 15) is 12.8 Å². The lowest BCUT2D eigenvalue weighted by molar-refractivity contribution is 0.414. The number of hydrogen-bond acceptors (Lipinski definition) is 3. The molecule has 3 rings (SSSR count). The molecule has 24 heavy (non-hydrogen) atoms. The van der Waals surface area contributed by atoms with E-state index in [2.05, 4.69) is 0 Å². The van der Waals surface area contributed by atoms with Crippen LogP contribution >= 0.6 is 0 Å². The van der Waals surface area contributed by atoms with Gasteiger partial charge in [0.2, 0.25) is 10.0 Å². The molecular weight excluding hydrogens is 329 g/mol. The topological polar surface area (TPSA) is 46.6 Å². The van der Waals surface area contributed by atoms with Crippen LogP contribution in [0.1, 0.15) is 12.0 Å². The van der Waals surface area contributed by atoms with Gasteiger partial charge in [-0.3, -0.25) is 0 Å². The molecule has 0 bridgehead atoms. The maximum atomic E-state index is 13.0. The third kappa shape index (κ3) is 3.34. The number of methoxy groups -OCH3 is 1. The Hall–Kier alpha value is -2.18. The van der Waals surface area contributed by atoms with Crippen LogP contribution in [0.4, 0.5) is 4.39 Å². The number of halogens is 1. The van der Waals surface area contributed by atoms with E-state index in [-0.39, 0.29) is 10.7 Å². The zero-order valence-corrected chi connectivity index (χ0v) is 14.1. The Morgan fingerprint density at radius 1 is 1.04 bits per heavy atom. The molecule has 0 spiro atoms. The van der Waals surface area contributed by atoms with Crippen molar-refractivity contribution in [2.45, 2.75) is 11.3 Å². The van der Waals surface area contributed by atoms with Crippen molar-refractivity contribution < 1.29 is 17.5 Å². The Labute approximate surface area is 141 Å². The maximum absolute atomic E-state index is 13.0. The van der Waals surface area contributed by atoms with Crippen LogP contribution in [0.25, 0.3) is 5.57 Å². The second-order valence-corrected chi connectivity index (χ2v) is 7.46. The van der Waals surface area contributed by atoms with Gasteiger partial charge in [-0.1, -0.05) is 18.2 Å². The number of ether oxygens (including phenoxy) is 1. The lowest BCUT2D eigenvalue weighted by atomic mass is 10.0. The molecule has 0 fully saturated rings. The molecule has 126 valence electrons. The zero-order chi connectivity index (χ0) is 17.2. The first-order valence-corrected chi connectivity index (χ1v) is 9.04. The van der Waals surface area contributed by atoms with E-state index in [0.29, 0.717) is 25.3 Å². The lowest BCUT2D eigenvalue weighted by Crippen LogP contribution is -2.34. The van der Waals surface area contributed by atoms with Crippen LogP contribution < -0.4 is 4.74 Å². The van der Waals surface area contributed by atoms with Gasteiger partial charge < -0.3 is 4.74 Å². The molecule has 1 aliphatic rings. The van der Waals surface area contributed by atoms with Crippen LogP contribution in [0.2, 0.25) is 0 Å². The molecule has 0 unspecified atom stereocenters. The third-order valence-corrected chi connectivity index (χ3v) is 5.96. The monoisotopic (exact) mass is 347 g/mol. The molecule has 1 heterocycles. The average molecular weight is 347 g/mol. The lowest BCUT2D eigenvalue weighted by Gasteiger charge is -2.26. The molecule has 0 saturated heterocycles. The van der Waals surface area contributed by atoms with Crippen molar-refractivity contribution in [2.75, 3.05) is 20.2 Å². The van der Waals surface area contributed by atoms with Crippen LogP contribution in [0.15, 0.2) is 59.5 Å². The van der Waals surface area contributed by atoms with E-state index in [4.69, 9.17) is 4.74 Å². The molecule has 0 amide bonds. The summed E-state index contributed by atoms with van der Waals surface area (Å²) in [6.45, 7) is 0.707. The first-order chi connectivity index (χ1) is 11.5. The van der Waals surface area contributed by atoms with Gasteiger partial charge in [0.25, 0.3) is 0 Å². The fraction of sp³-hybridized carbons (Fsp3) is 0.222. The highest BCUT2D eigenvalue weighted by molar-refractivity contribution is 7.89. The second kappa shape index (κ2) is 6.75. The summed E-state index contributed by atoms with van der Waals surface area (Å²) in [7, 11) is -1.99. The highest BCUT2D eigenvalue weighted by Crippen LogP contribution is 2.26. The minimum atomic E-state index is -3.53. The van der Waals surface area contributed by atoms with Crippen molar-refractivity contribution in [3.8, 4) is 5.75 Å². The molecule has 0 aromatic heterocycles. The van der Waals surface area contributed by atoms with Gasteiger partial charge in [0, 0.05) is 13.1 Å². The van der Waals surface area contributed by atoms with Gasteiger partial charge >= 0.3 is 0 Å². The van der Waals surface area contributed by atoms with Crippen molar-refractivity contribution in [1.82, 2.24) is 4.31 Å². The van der Waals surface area contributed by atoms with Gasteiger partial charge in [-0.25, -0.2) is 12.8 Å². The van der Waals surface area contributed by atoms with Gasteiger partial charge in [-0.15, -0.1) is 0 Å². The molecule has 0 N–H and O–H groups in total. The molecule has 4 nitrogen and oxygen atoms in total. The summed E-state index contributed by atoms with van der Waals surface area (Å²) in [6.07, 6.45) is 2.48.